The largest absolute Gasteiger partial charge is 0.467 e. The molecule has 0 unspecified atom stereocenters. The van der Waals surface area contributed by atoms with Gasteiger partial charge in [-0.05, 0) is 32.0 Å². The summed E-state index contributed by atoms with van der Waals surface area (Å²) in [7, 11) is 1.61. The van der Waals surface area contributed by atoms with Gasteiger partial charge in [0.05, 0.1) is 31.2 Å². The summed E-state index contributed by atoms with van der Waals surface area (Å²) in [6.07, 6.45) is 4.94. The fourth-order valence-corrected chi connectivity index (χ4v) is 2.66. The molecule has 3 heterocycles. The van der Waals surface area contributed by atoms with Crippen molar-refractivity contribution in [3.63, 3.8) is 0 Å². The van der Waals surface area contributed by atoms with Crippen LogP contribution in [0.5, 0.6) is 0 Å². The summed E-state index contributed by atoms with van der Waals surface area (Å²) in [6.45, 7) is 5.40. The van der Waals surface area contributed by atoms with E-state index in [1.54, 1.807) is 30.7 Å². The molecule has 0 saturated carbocycles. The minimum atomic E-state index is -0.111. The Kier molecular flexibility index (Phi) is 5.14. The van der Waals surface area contributed by atoms with E-state index in [1.807, 2.05) is 36.7 Å². The second-order valence-electron chi connectivity index (χ2n) is 6.12. The van der Waals surface area contributed by atoms with Gasteiger partial charge in [0.2, 0.25) is 0 Å². The van der Waals surface area contributed by atoms with Gasteiger partial charge in [-0.1, -0.05) is 0 Å². The number of fused-ring (bicyclic) bond motifs is 1. The molecule has 132 valence electrons. The molecule has 0 fully saturated rings. The minimum absolute atomic E-state index is 0.111. The van der Waals surface area contributed by atoms with Gasteiger partial charge in [0.25, 0.3) is 5.91 Å². The van der Waals surface area contributed by atoms with Crippen LogP contribution >= 0.6 is 0 Å². The Bertz CT molecular complexity index is 839. The molecule has 0 saturated heterocycles. The SMILES string of the molecule is COCCN(Cc1ccco1)C(=O)c1cnc2c(cnn2C(C)C)c1. The predicted octanol–water partition coefficient (Wildman–Crippen LogP) is 2.89. The number of aromatic nitrogens is 3. The van der Waals surface area contributed by atoms with Gasteiger partial charge in [-0.25, -0.2) is 9.67 Å². The van der Waals surface area contributed by atoms with E-state index in [4.69, 9.17) is 9.15 Å². The second kappa shape index (κ2) is 7.48. The van der Waals surface area contributed by atoms with E-state index in [0.717, 1.165) is 16.8 Å². The number of nitrogens with zero attached hydrogens (tertiary/aromatic N) is 4. The first-order chi connectivity index (χ1) is 12.1. The van der Waals surface area contributed by atoms with Gasteiger partial charge in [0.15, 0.2) is 5.65 Å². The van der Waals surface area contributed by atoms with Crippen LogP contribution in [0.1, 0.15) is 36.0 Å². The number of furan rings is 1. The number of methoxy groups -OCH3 is 1. The van der Waals surface area contributed by atoms with Crippen LogP contribution in [0.25, 0.3) is 11.0 Å². The molecule has 0 aromatic carbocycles. The highest BCUT2D eigenvalue weighted by molar-refractivity contribution is 5.96. The Hall–Kier alpha value is -2.67. The summed E-state index contributed by atoms with van der Waals surface area (Å²) in [5.41, 5.74) is 1.31. The minimum Gasteiger partial charge on any atom is -0.467 e. The summed E-state index contributed by atoms with van der Waals surface area (Å²) >= 11 is 0. The molecule has 0 spiro atoms. The Morgan fingerprint density at radius 3 is 2.92 bits per heavy atom. The summed E-state index contributed by atoms with van der Waals surface area (Å²) < 4.78 is 12.3. The molecule has 1 amide bonds. The predicted molar refractivity (Wildman–Crippen MR) is 93.2 cm³/mol. The van der Waals surface area contributed by atoms with Crippen molar-refractivity contribution in [3.8, 4) is 0 Å². The van der Waals surface area contributed by atoms with Crippen LogP contribution in [0.15, 0.2) is 41.3 Å². The van der Waals surface area contributed by atoms with Crippen LogP contribution in [0.3, 0.4) is 0 Å². The highest BCUT2D eigenvalue weighted by Crippen LogP contribution is 2.18. The fourth-order valence-electron chi connectivity index (χ4n) is 2.66. The second-order valence-corrected chi connectivity index (χ2v) is 6.12. The van der Waals surface area contributed by atoms with Crippen molar-refractivity contribution < 1.29 is 13.9 Å². The van der Waals surface area contributed by atoms with E-state index >= 15 is 0 Å². The normalized spacial score (nSPS) is 11.4. The van der Waals surface area contributed by atoms with E-state index in [0.29, 0.717) is 25.3 Å². The number of carbonyl (C=O) groups excluding carboxylic acids is 1. The molecule has 0 atom stereocenters. The van der Waals surface area contributed by atoms with Gasteiger partial charge >= 0.3 is 0 Å². The van der Waals surface area contributed by atoms with E-state index in [9.17, 15) is 4.79 Å². The van der Waals surface area contributed by atoms with Crippen LogP contribution < -0.4 is 0 Å². The number of pyridine rings is 1. The van der Waals surface area contributed by atoms with Gasteiger partial charge in [0, 0.05) is 31.3 Å². The Balaban J connectivity index is 1.86. The molecule has 3 aromatic rings. The molecule has 3 aromatic heterocycles. The zero-order valence-corrected chi connectivity index (χ0v) is 14.7. The van der Waals surface area contributed by atoms with E-state index in [1.165, 1.54) is 0 Å². The van der Waals surface area contributed by atoms with Crippen LogP contribution in [0.4, 0.5) is 0 Å². The van der Waals surface area contributed by atoms with Crippen molar-refractivity contribution in [2.45, 2.75) is 26.4 Å². The maximum atomic E-state index is 12.9. The van der Waals surface area contributed by atoms with Crippen molar-refractivity contribution in [3.05, 3.63) is 48.2 Å². The molecule has 0 N–H and O–H groups in total. The number of rotatable bonds is 7. The molecule has 25 heavy (non-hydrogen) atoms. The molecule has 0 aliphatic heterocycles. The molecule has 0 aliphatic rings. The first kappa shape index (κ1) is 17.2. The highest BCUT2D eigenvalue weighted by Gasteiger charge is 2.19. The number of amides is 1. The lowest BCUT2D eigenvalue weighted by Gasteiger charge is -2.21. The van der Waals surface area contributed by atoms with Crippen LogP contribution in [-0.4, -0.2) is 45.8 Å². The van der Waals surface area contributed by atoms with Crippen LogP contribution in [0.2, 0.25) is 0 Å². The van der Waals surface area contributed by atoms with Gasteiger partial charge in [-0.2, -0.15) is 5.10 Å². The number of carbonyl (C=O) groups is 1. The molecule has 0 bridgehead atoms. The third-order valence-corrected chi connectivity index (χ3v) is 3.95. The first-order valence-corrected chi connectivity index (χ1v) is 8.24. The van der Waals surface area contributed by atoms with Crippen molar-refractivity contribution in [1.29, 1.82) is 0 Å². The van der Waals surface area contributed by atoms with Crippen LogP contribution in [-0.2, 0) is 11.3 Å². The molecular formula is C18H22N4O3. The Morgan fingerprint density at radius 2 is 2.24 bits per heavy atom. The lowest BCUT2D eigenvalue weighted by Crippen LogP contribution is -2.33. The van der Waals surface area contributed by atoms with E-state index in [-0.39, 0.29) is 11.9 Å². The molecule has 0 radical (unpaired) electrons. The van der Waals surface area contributed by atoms with E-state index in [2.05, 4.69) is 10.1 Å². The average Bonchev–Trinajstić information content (AvgIpc) is 3.26. The van der Waals surface area contributed by atoms with E-state index < -0.39 is 0 Å². The van der Waals surface area contributed by atoms with Crippen molar-refractivity contribution in [1.82, 2.24) is 19.7 Å². The zero-order valence-electron chi connectivity index (χ0n) is 14.7. The number of ether oxygens (including phenoxy) is 1. The maximum Gasteiger partial charge on any atom is 0.255 e. The average molecular weight is 342 g/mol. The fraction of sp³-hybridized carbons (Fsp3) is 0.389. The number of hydrogen-bond acceptors (Lipinski definition) is 5. The van der Waals surface area contributed by atoms with Crippen molar-refractivity contribution >= 4 is 16.9 Å². The molecule has 0 aliphatic carbocycles. The first-order valence-electron chi connectivity index (χ1n) is 8.24. The topological polar surface area (TPSA) is 73.4 Å². The van der Waals surface area contributed by atoms with Gasteiger partial charge in [-0.15, -0.1) is 0 Å². The summed E-state index contributed by atoms with van der Waals surface area (Å²) in [5, 5.41) is 5.20. The third kappa shape index (κ3) is 3.71. The maximum absolute atomic E-state index is 12.9. The smallest absolute Gasteiger partial charge is 0.255 e. The lowest BCUT2D eigenvalue weighted by molar-refractivity contribution is 0.0666. The van der Waals surface area contributed by atoms with Gasteiger partial charge in [0.1, 0.15) is 5.76 Å². The van der Waals surface area contributed by atoms with Gasteiger partial charge in [-0.3, -0.25) is 4.79 Å². The van der Waals surface area contributed by atoms with Crippen molar-refractivity contribution in [2.24, 2.45) is 0 Å². The molecular weight excluding hydrogens is 320 g/mol. The monoisotopic (exact) mass is 342 g/mol. The number of hydrogen-bond donors (Lipinski definition) is 0. The zero-order chi connectivity index (χ0) is 17.8. The standard InChI is InChI=1S/C18H22N4O3/c1-13(2)22-17-14(11-20-22)9-15(10-19-17)18(23)21(6-8-24-3)12-16-5-4-7-25-16/h4-5,7,9-11,13H,6,8,12H2,1-3H3. The summed E-state index contributed by atoms with van der Waals surface area (Å²) in [6, 6.07) is 5.70. The third-order valence-electron chi connectivity index (χ3n) is 3.95. The van der Waals surface area contributed by atoms with Gasteiger partial charge < -0.3 is 14.1 Å². The lowest BCUT2D eigenvalue weighted by atomic mass is 10.2. The highest BCUT2D eigenvalue weighted by atomic mass is 16.5. The summed E-state index contributed by atoms with van der Waals surface area (Å²) in [5.74, 6) is 0.617. The molecule has 7 heteroatoms. The summed E-state index contributed by atoms with van der Waals surface area (Å²) in [4.78, 5) is 19.1. The van der Waals surface area contributed by atoms with Crippen molar-refractivity contribution in [2.75, 3.05) is 20.3 Å². The Labute approximate surface area is 146 Å². The quantitative estimate of drug-likeness (QED) is 0.660. The molecule has 7 nitrogen and oxygen atoms in total. The van der Waals surface area contributed by atoms with Crippen LogP contribution in [0, 0.1) is 0 Å². The Morgan fingerprint density at radius 1 is 1.40 bits per heavy atom. The molecule has 3 rings (SSSR count).